The lowest BCUT2D eigenvalue weighted by Crippen LogP contribution is -1.99. The number of nitrogens with one attached hydrogen (secondary N) is 1. The average Bonchev–Trinajstić information content (AvgIpc) is 2.69. The van der Waals surface area contributed by atoms with Gasteiger partial charge in [-0.15, -0.1) is 0 Å². The van der Waals surface area contributed by atoms with Gasteiger partial charge in [-0.2, -0.15) is 5.10 Å². The van der Waals surface area contributed by atoms with Gasteiger partial charge in [-0.05, 0) is 25.5 Å². The van der Waals surface area contributed by atoms with Crippen LogP contribution in [-0.2, 0) is 11.2 Å². The summed E-state index contributed by atoms with van der Waals surface area (Å²) in [6.07, 6.45) is 2.25. The Balaban J connectivity index is 2.32. The molecule has 88 valence electrons. The summed E-state index contributed by atoms with van der Waals surface area (Å²) in [6, 6.07) is 5.58. The predicted octanol–water partition coefficient (Wildman–Crippen LogP) is 1.80. The van der Waals surface area contributed by atoms with Crippen LogP contribution in [0.25, 0.3) is 11.4 Å². The first-order chi connectivity index (χ1) is 8.18. The van der Waals surface area contributed by atoms with E-state index in [-0.39, 0.29) is 6.42 Å². The van der Waals surface area contributed by atoms with E-state index < -0.39 is 5.97 Å². The highest BCUT2D eigenvalue weighted by Gasteiger charge is 2.13. The van der Waals surface area contributed by atoms with Gasteiger partial charge in [-0.3, -0.25) is 14.9 Å². The SMILES string of the molecule is Cc1[nH]nc(-c2ccccn2)c1CCC(=O)O. The van der Waals surface area contributed by atoms with Gasteiger partial charge in [0, 0.05) is 23.9 Å². The molecule has 0 aromatic carbocycles. The molecule has 0 amide bonds. The summed E-state index contributed by atoms with van der Waals surface area (Å²) >= 11 is 0. The molecule has 5 nitrogen and oxygen atoms in total. The Labute approximate surface area is 98.5 Å². The van der Waals surface area contributed by atoms with Crippen LogP contribution in [0.15, 0.2) is 24.4 Å². The van der Waals surface area contributed by atoms with Gasteiger partial charge in [0.2, 0.25) is 0 Å². The number of carbonyl (C=O) groups is 1. The number of hydrogen-bond donors (Lipinski definition) is 2. The monoisotopic (exact) mass is 231 g/mol. The molecular formula is C12H13N3O2. The van der Waals surface area contributed by atoms with Crippen LogP contribution in [0, 0.1) is 6.92 Å². The van der Waals surface area contributed by atoms with Crippen molar-refractivity contribution in [1.29, 1.82) is 0 Å². The van der Waals surface area contributed by atoms with Crippen LogP contribution in [-0.4, -0.2) is 26.3 Å². The summed E-state index contributed by atoms with van der Waals surface area (Å²) in [6.45, 7) is 1.89. The second-order valence-corrected chi connectivity index (χ2v) is 3.78. The summed E-state index contributed by atoms with van der Waals surface area (Å²) in [7, 11) is 0. The number of hydrogen-bond acceptors (Lipinski definition) is 3. The normalized spacial score (nSPS) is 10.4. The van der Waals surface area contributed by atoms with Crippen LogP contribution in [0.5, 0.6) is 0 Å². The number of aliphatic carboxylic acids is 1. The minimum Gasteiger partial charge on any atom is -0.481 e. The Hall–Kier alpha value is -2.17. The minimum absolute atomic E-state index is 0.0974. The van der Waals surface area contributed by atoms with E-state index in [9.17, 15) is 4.79 Å². The lowest BCUT2D eigenvalue weighted by Gasteiger charge is -2.01. The summed E-state index contributed by atoms with van der Waals surface area (Å²) in [5.74, 6) is -0.808. The van der Waals surface area contributed by atoms with Crippen molar-refractivity contribution in [3.63, 3.8) is 0 Å². The number of carboxylic acids is 1. The molecule has 0 aliphatic heterocycles. The van der Waals surface area contributed by atoms with Crippen molar-refractivity contribution in [3.8, 4) is 11.4 Å². The second-order valence-electron chi connectivity index (χ2n) is 3.78. The smallest absolute Gasteiger partial charge is 0.303 e. The lowest BCUT2D eigenvalue weighted by molar-refractivity contribution is -0.136. The van der Waals surface area contributed by atoms with E-state index in [1.165, 1.54) is 0 Å². The summed E-state index contributed by atoms with van der Waals surface area (Å²) in [5, 5.41) is 15.8. The number of nitrogens with zero attached hydrogens (tertiary/aromatic N) is 2. The maximum Gasteiger partial charge on any atom is 0.303 e. The largest absolute Gasteiger partial charge is 0.481 e. The number of aromatic nitrogens is 3. The molecule has 0 saturated heterocycles. The van der Waals surface area contributed by atoms with Crippen molar-refractivity contribution < 1.29 is 9.90 Å². The van der Waals surface area contributed by atoms with E-state index in [2.05, 4.69) is 15.2 Å². The Morgan fingerprint density at radius 3 is 2.94 bits per heavy atom. The van der Waals surface area contributed by atoms with Crippen molar-refractivity contribution in [2.24, 2.45) is 0 Å². The minimum atomic E-state index is -0.808. The Morgan fingerprint density at radius 1 is 1.47 bits per heavy atom. The molecule has 2 aromatic rings. The predicted molar refractivity (Wildman–Crippen MR) is 62.5 cm³/mol. The van der Waals surface area contributed by atoms with Crippen molar-refractivity contribution in [2.45, 2.75) is 19.8 Å². The van der Waals surface area contributed by atoms with Gasteiger partial charge >= 0.3 is 5.97 Å². The zero-order valence-electron chi connectivity index (χ0n) is 9.47. The number of aryl methyl sites for hydroxylation is 1. The third kappa shape index (κ3) is 2.50. The average molecular weight is 231 g/mol. The van der Waals surface area contributed by atoms with Gasteiger partial charge in [0.05, 0.1) is 5.69 Å². The molecule has 0 saturated carbocycles. The maximum atomic E-state index is 10.6. The summed E-state index contributed by atoms with van der Waals surface area (Å²) < 4.78 is 0. The van der Waals surface area contributed by atoms with Crippen molar-refractivity contribution in [3.05, 3.63) is 35.7 Å². The van der Waals surface area contributed by atoms with E-state index in [0.717, 1.165) is 22.6 Å². The van der Waals surface area contributed by atoms with Crippen LogP contribution < -0.4 is 0 Å². The summed E-state index contributed by atoms with van der Waals surface area (Å²) in [4.78, 5) is 14.8. The number of rotatable bonds is 4. The fraction of sp³-hybridized carbons (Fsp3) is 0.250. The van der Waals surface area contributed by atoms with Crippen molar-refractivity contribution in [1.82, 2.24) is 15.2 Å². The quantitative estimate of drug-likeness (QED) is 0.840. The number of H-pyrrole nitrogens is 1. The molecule has 2 rings (SSSR count). The molecule has 0 atom stereocenters. The van der Waals surface area contributed by atoms with Gasteiger partial charge in [-0.1, -0.05) is 6.07 Å². The van der Waals surface area contributed by atoms with Crippen LogP contribution >= 0.6 is 0 Å². The molecule has 2 N–H and O–H groups in total. The number of aromatic amines is 1. The van der Waals surface area contributed by atoms with Crippen molar-refractivity contribution in [2.75, 3.05) is 0 Å². The molecule has 0 aliphatic carbocycles. The van der Waals surface area contributed by atoms with Gasteiger partial charge in [0.1, 0.15) is 5.69 Å². The Bertz CT molecular complexity index is 520. The topological polar surface area (TPSA) is 78.9 Å². The van der Waals surface area contributed by atoms with Gasteiger partial charge in [0.15, 0.2) is 0 Å². The van der Waals surface area contributed by atoms with E-state index in [1.54, 1.807) is 6.20 Å². The number of pyridine rings is 1. The van der Waals surface area contributed by atoms with Crippen LogP contribution in [0.2, 0.25) is 0 Å². The molecule has 0 unspecified atom stereocenters. The fourth-order valence-corrected chi connectivity index (χ4v) is 1.70. The third-order valence-electron chi connectivity index (χ3n) is 2.57. The standard InChI is InChI=1S/C12H13N3O2/c1-8-9(5-6-11(16)17)12(15-14-8)10-4-2-3-7-13-10/h2-4,7H,5-6H2,1H3,(H,14,15)(H,16,17). The molecule has 0 radical (unpaired) electrons. The molecule has 2 heterocycles. The molecule has 0 aliphatic rings. The van der Waals surface area contributed by atoms with Crippen molar-refractivity contribution >= 4 is 5.97 Å². The van der Waals surface area contributed by atoms with Crippen LogP contribution in [0.3, 0.4) is 0 Å². The zero-order valence-corrected chi connectivity index (χ0v) is 9.47. The van der Waals surface area contributed by atoms with E-state index in [4.69, 9.17) is 5.11 Å². The third-order valence-corrected chi connectivity index (χ3v) is 2.57. The maximum absolute atomic E-state index is 10.6. The first kappa shape index (κ1) is 11.3. The zero-order chi connectivity index (χ0) is 12.3. The highest BCUT2D eigenvalue weighted by molar-refractivity contribution is 5.68. The molecule has 5 heteroatoms. The Morgan fingerprint density at radius 2 is 2.29 bits per heavy atom. The first-order valence-corrected chi connectivity index (χ1v) is 5.35. The van der Waals surface area contributed by atoms with Gasteiger partial charge < -0.3 is 5.11 Å². The van der Waals surface area contributed by atoms with Gasteiger partial charge in [-0.25, -0.2) is 0 Å². The second kappa shape index (κ2) is 4.78. The molecular weight excluding hydrogens is 218 g/mol. The molecule has 17 heavy (non-hydrogen) atoms. The van der Waals surface area contributed by atoms with E-state index in [0.29, 0.717) is 6.42 Å². The first-order valence-electron chi connectivity index (χ1n) is 5.35. The molecule has 0 fully saturated rings. The molecule has 2 aromatic heterocycles. The fourth-order valence-electron chi connectivity index (χ4n) is 1.70. The van der Waals surface area contributed by atoms with Crippen LogP contribution in [0.1, 0.15) is 17.7 Å². The Kier molecular flexibility index (Phi) is 3.18. The molecule has 0 bridgehead atoms. The van der Waals surface area contributed by atoms with E-state index in [1.807, 2.05) is 25.1 Å². The molecule has 0 spiro atoms. The van der Waals surface area contributed by atoms with Crippen LogP contribution in [0.4, 0.5) is 0 Å². The highest BCUT2D eigenvalue weighted by atomic mass is 16.4. The highest BCUT2D eigenvalue weighted by Crippen LogP contribution is 2.22. The summed E-state index contributed by atoms with van der Waals surface area (Å²) in [5.41, 5.74) is 3.32. The number of carboxylic acid groups (broad SMARTS) is 1. The van der Waals surface area contributed by atoms with E-state index >= 15 is 0 Å². The lowest BCUT2D eigenvalue weighted by atomic mass is 10.1. The van der Waals surface area contributed by atoms with Gasteiger partial charge in [0.25, 0.3) is 0 Å².